The van der Waals surface area contributed by atoms with E-state index in [2.05, 4.69) is 26.6 Å². The molecule has 0 spiro atoms. The van der Waals surface area contributed by atoms with Crippen LogP contribution in [-0.4, -0.2) is 58.6 Å². The van der Waals surface area contributed by atoms with E-state index in [1.54, 1.807) is 49.8 Å². The highest BCUT2D eigenvalue weighted by atomic mass is 35.5. The Kier molecular flexibility index (Phi) is 7.78. The second kappa shape index (κ2) is 10.4. The highest BCUT2D eigenvalue weighted by Crippen LogP contribution is 2.33. The van der Waals surface area contributed by atoms with Gasteiger partial charge in [0.1, 0.15) is 11.6 Å². The average Bonchev–Trinajstić information content (AvgIpc) is 2.79. The second-order valence-corrected chi connectivity index (χ2v) is 9.38. The molecule has 10 heteroatoms. The van der Waals surface area contributed by atoms with Crippen molar-refractivity contribution in [1.29, 1.82) is 0 Å². The molecule has 2 aromatic carbocycles. The van der Waals surface area contributed by atoms with Gasteiger partial charge in [-0.25, -0.2) is 12.8 Å². The van der Waals surface area contributed by atoms with Crippen LogP contribution in [-0.2, 0) is 10.0 Å². The van der Waals surface area contributed by atoms with Gasteiger partial charge in [-0.3, -0.25) is 9.71 Å². The van der Waals surface area contributed by atoms with Crippen LogP contribution in [0.1, 0.15) is 0 Å². The van der Waals surface area contributed by atoms with Gasteiger partial charge >= 0.3 is 0 Å². The smallest absolute Gasteiger partial charge is 0.261 e. The number of ether oxygens (including phenoxy) is 1. The van der Waals surface area contributed by atoms with Gasteiger partial charge in [0.05, 0.1) is 23.4 Å². The third-order valence-corrected chi connectivity index (χ3v) is 6.83. The molecule has 7 nitrogen and oxygen atoms in total. The molecule has 2 heterocycles. The number of nitrogens with one attached hydrogen (secondary N) is 1. The maximum Gasteiger partial charge on any atom is 0.261 e. The highest BCUT2D eigenvalue weighted by Gasteiger charge is 2.22. The molecule has 0 unspecified atom stereocenters. The fourth-order valence-electron chi connectivity index (χ4n) is 3.69. The van der Waals surface area contributed by atoms with Crippen LogP contribution < -0.4 is 14.4 Å². The van der Waals surface area contributed by atoms with Crippen LogP contribution in [0.25, 0.3) is 11.1 Å². The second-order valence-electron chi connectivity index (χ2n) is 7.70. The lowest BCUT2D eigenvalue weighted by Gasteiger charge is -2.34. The molecule has 3 aromatic rings. The topological polar surface area (TPSA) is 74.8 Å². The molecule has 176 valence electrons. The number of pyridine rings is 1. The number of anilines is 2. The molecule has 0 saturated carbocycles. The Bertz CT molecular complexity index is 1200. The monoisotopic (exact) mass is 492 g/mol. The molecular formula is C23H26ClFN4O3S. The fraction of sp³-hybridized carbons (Fsp3) is 0.261. The summed E-state index contributed by atoms with van der Waals surface area (Å²) >= 11 is 0. The van der Waals surface area contributed by atoms with E-state index in [-0.39, 0.29) is 23.0 Å². The zero-order valence-corrected chi connectivity index (χ0v) is 20.0. The summed E-state index contributed by atoms with van der Waals surface area (Å²) in [6.07, 6.45) is 3.22. The number of methoxy groups -OCH3 is 1. The van der Waals surface area contributed by atoms with Crippen molar-refractivity contribution in [3.63, 3.8) is 0 Å². The van der Waals surface area contributed by atoms with Crippen LogP contribution in [0.15, 0.2) is 65.8 Å². The number of sulfonamides is 1. The van der Waals surface area contributed by atoms with Crippen LogP contribution in [0.3, 0.4) is 0 Å². The summed E-state index contributed by atoms with van der Waals surface area (Å²) in [6, 6.07) is 12.3. The Labute approximate surface area is 199 Å². The third-order valence-electron chi connectivity index (χ3n) is 5.45. The molecule has 1 aliphatic rings. The number of hydrogen-bond donors (Lipinski definition) is 1. The minimum absolute atomic E-state index is 0. The van der Waals surface area contributed by atoms with Gasteiger partial charge in [-0.1, -0.05) is 6.07 Å². The molecule has 1 saturated heterocycles. The summed E-state index contributed by atoms with van der Waals surface area (Å²) in [5.41, 5.74) is 2.08. The van der Waals surface area contributed by atoms with E-state index in [4.69, 9.17) is 4.74 Å². The van der Waals surface area contributed by atoms with E-state index in [1.807, 2.05) is 0 Å². The largest absolute Gasteiger partial charge is 0.495 e. The van der Waals surface area contributed by atoms with Crippen molar-refractivity contribution >= 4 is 33.8 Å². The third kappa shape index (κ3) is 5.73. The number of benzene rings is 2. The first-order valence-electron chi connectivity index (χ1n) is 10.2. The summed E-state index contributed by atoms with van der Waals surface area (Å²) in [5.74, 6) is 0.0648. The van der Waals surface area contributed by atoms with E-state index >= 15 is 0 Å². The summed E-state index contributed by atoms with van der Waals surface area (Å²) in [5, 5.41) is 0. The summed E-state index contributed by atoms with van der Waals surface area (Å²) in [7, 11) is -0.334. The fourth-order valence-corrected chi connectivity index (χ4v) is 4.75. The van der Waals surface area contributed by atoms with Gasteiger partial charge in [0, 0.05) is 44.1 Å². The van der Waals surface area contributed by atoms with Crippen LogP contribution in [0.4, 0.5) is 15.8 Å². The van der Waals surface area contributed by atoms with Crippen LogP contribution in [0.2, 0.25) is 0 Å². The zero-order chi connectivity index (χ0) is 22.7. The first-order chi connectivity index (χ1) is 15.4. The van der Waals surface area contributed by atoms with Gasteiger partial charge in [-0.2, -0.15) is 0 Å². The number of halogens is 2. The van der Waals surface area contributed by atoms with Crippen LogP contribution in [0, 0.1) is 5.82 Å². The molecule has 0 atom stereocenters. The lowest BCUT2D eigenvalue weighted by molar-refractivity contribution is 0.311. The van der Waals surface area contributed by atoms with E-state index in [0.29, 0.717) is 16.9 Å². The highest BCUT2D eigenvalue weighted by molar-refractivity contribution is 7.92. The van der Waals surface area contributed by atoms with E-state index < -0.39 is 15.8 Å². The summed E-state index contributed by atoms with van der Waals surface area (Å²) < 4.78 is 48.5. The van der Waals surface area contributed by atoms with Gasteiger partial charge in [0.2, 0.25) is 0 Å². The molecular weight excluding hydrogens is 467 g/mol. The number of piperazine rings is 1. The van der Waals surface area contributed by atoms with Crippen molar-refractivity contribution in [2.45, 2.75) is 4.90 Å². The minimum Gasteiger partial charge on any atom is -0.495 e. The normalized spacial score (nSPS) is 14.5. The van der Waals surface area contributed by atoms with E-state index in [9.17, 15) is 12.8 Å². The lowest BCUT2D eigenvalue weighted by Crippen LogP contribution is -2.44. The molecule has 1 N–H and O–H groups in total. The van der Waals surface area contributed by atoms with Crippen molar-refractivity contribution < 1.29 is 17.5 Å². The standard InChI is InChI=1S/C23H25FN4O3S.ClH/c1-27-8-10-28(11-9-27)22-15-21(5-6-23(22)31-2)32(29,30)26-20-13-18(12-19(24)14-20)17-4-3-7-25-16-17;/h3-7,12-16,26H,8-11H2,1-2H3;1H. The van der Waals surface area contributed by atoms with Crippen LogP contribution in [0.5, 0.6) is 5.75 Å². The molecule has 1 aliphatic heterocycles. The molecule has 1 fully saturated rings. The van der Waals surface area contributed by atoms with Crippen molar-refractivity contribution in [1.82, 2.24) is 9.88 Å². The van der Waals surface area contributed by atoms with E-state index in [1.165, 1.54) is 12.1 Å². The molecule has 33 heavy (non-hydrogen) atoms. The first-order valence-corrected chi connectivity index (χ1v) is 11.7. The van der Waals surface area contributed by atoms with Gasteiger partial charge in [-0.15, -0.1) is 12.4 Å². The summed E-state index contributed by atoms with van der Waals surface area (Å²) in [6.45, 7) is 3.28. The van der Waals surface area contributed by atoms with Gasteiger partial charge in [0.15, 0.2) is 0 Å². The molecule has 0 radical (unpaired) electrons. The maximum atomic E-state index is 14.2. The molecule has 0 amide bonds. The number of hydrogen-bond acceptors (Lipinski definition) is 6. The lowest BCUT2D eigenvalue weighted by atomic mass is 10.1. The zero-order valence-electron chi connectivity index (χ0n) is 18.4. The minimum atomic E-state index is -3.95. The van der Waals surface area contributed by atoms with Crippen molar-refractivity contribution in [3.05, 3.63) is 66.7 Å². The van der Waals surface area contributed by atoms with Gasteiger partial charge in [-0.05, 0) is 55.1 Å². The average molecular weight is 493 g/mol. The van der Waals surface area contributed by atoms with Crippen molar-refractivity contribution in [2.75, 3.05) is 50.0 Å². The Hall–Kier alpha value is -2.88. The van der Waals surface area contributed by atoms with Gasteiger partial charge in [0.25, 0.3) is 10.0 Å². The Morgan fingerprint density at radius 3 is 2.45 bits per heavy atom. The number of aromatic nitrogens is 1. The number of likely N-dealkylation sites (N-methyl/N-ethyl adjacent to an activating group) is 1. The Balaban J connectivity index is 0.00000306. The Morgan fingerprint density at radius 1 is 1.03 bits per heavy atom. The maximum absolute atomic E-state index is 14.2. The SMILES string of the molecule is COc1ccc(S(=O)(=O)Nc2cc(F)cc(-c3cccnc3)c2)cc1N1CCN(C)CC1.Cl. The van der Waals surface area contributed by atoms with Crippen molar-refractivity contribution in [3.8, 4) is 16.9 Å². The molecule has 0 bridgehead atoms. The molecule has 0 aliphatic carbocycles. The Morgan fingerprint density at radius 2 is 1.79 bits per heavy atom. The van der Waals surface area contributed by atoms with Crippen LogP contribution >= 0.6 is 12.4 Å². The van der Waals surface area contributed by atoms with Gasteiger partial charge < -0.3 is 14.5 Å². The van der Waals surface area contributed by atoms with Crippen molar-refractivity contribution in [2.24, 2.45) is 0 Å². The molecule has 1 aromatic heterocycles. The van der Waals surface area contributed by atoms with E-state index in [0.717, 1.165) is 37.9 Å². The first kappa shape index (κ1) is 24.8. The predicted molar refractivity (Wildman–Crippen MR) is 130 cm³/mol. The molecule has 4 rings (SSSR count). The number of nitrogens with zero attached hydrogens (tertiary/aromatic N) is 3. The predicted octanol–water partition coefficient (Wildman–Crippen LogP) is 3.87. The summed E-state index contributed by atoms with van der Waals surface area (Å²) in [4.78, 5) is 8.45. The quantitative estimate of drug-likeness (QED) is 0.563. The number of rotatable bonds is 6.